The van der Waals surface area contributed by atoms with Gasteiger partial charge in [0, 0.05) is 5.75 Å². The maximum atomic E-state index is 12.0. The standard InChI is InChI=1S/C14H20N2O2S/c1-9-6-10(2)12(11(3)7-9)15-16-13(17)14(18)4-5-19-8-14/h6-7,15,18H,4-5,8H2,1-3H3,(H,16,17). The maximum absolute atomic E-state index is 12.0. The van der Waals surface area contributed by atoms with E-state index in [1.807, 2.05) is 20.8 Å². The minimum atomic E-state index is -1.23. The number of aryl methyl sites for hydroxylation is 3. The molecule has 1 aliphatic heterocycles. The van der Waals surface area contributed by atoms with Crippen LogP contribution in [0.15, 0.2) is 12.1 Å². The number of amides is 1. The van der Waals surface area contributed by atoms with E-state index in [1.165, 1.54) is 5.56 Å². The Bertz CT molecular complexity index is 473. The summed E-state index contributed by atoms with van der Waals surface area (Å²) >= 11 is 1.60. The van der Waals surface area contributed by atoms with E-state index in [0.717, 1.165) is 22.6 Å². The van der Waals surface area contributed by atoms with Crippen LogP contribution in [-0.2, 0) is 4.79 Å². The number of anilines is 1. The van der Waals surface area contributed by atoms with Crippen molar-refractivity contribution in [2.24, 2.45) is 0 Å². The summed E-state index contributed by atoms with van der Waals surface area (Å²) in [7, 11) is 0. The Balaban J connectivity index is 2.05. The molecule has 19 heavy (non-hydrogen) atoms. The lowest BCUT2D eigenvalue weighted by Crippen LogP contribution is -2.49. The number of hydrogen-bond acceptors (Lipinski definition) is 4. The Kier molecular flexibility index (Phi) is 4.06. The SMILES string of the molecule is Cc1cc(C)c(NNC(=O)C2(O)CCSC2)c(C)c1. The Labute approximate surface area is 117 Å². The number of rotatable bonds is 3. The van der Waals surface area contributed by atoms with Crippen LogP contribution in [0.3, 0.4) is 0 Å². The van der Waals surface area contributed by atoms with Gasteiger partial charge in [-0.3, -0.25) is 15.6 Å². The van der Waals surface area contributed by atoms with Gasteiger partial charge in [-0.1, -0.05) is 17.7 Å². The maximum Gasteiger partial charge on any atom is 0.271 e. The molecule has 1 amide bonds. The van der Waals surface area contributed by atoms with E-state index in [1.54, 1.807) is 11.8 Å². The molecule has 0 bridgehead atoms. The van der Waals surface area contributed by atoms with Crippen molar-refractivity contribution < 1.29 is 9.90 Å². The van der Waals surface area contributed by atoms with Crippen molar-refractivity contribution >= 4 is 23.4 Å². The van der Waals surface area contributed by atoms with Gasteiger partial charge in [-0.2, -0.15) is 11.8 Å². The van der Waals surface area contributed by atoms with Gasteiger partial charge in [0.2, 0.25) is 0 Å². The van der Waals surface area contributed by atoms with Gasteiger partial charge in [0.05, 0.1) is 5.69 Å². The molecule has 1 aromatic carbocycles. The quantitative estimate of drug-likeness (QED) is 0.740. The summed E-state index contributed by atoms with van der Waals surface area (Å²) in [6, 6.07) is 4.11. The predicted octanol–water partition coefficient (Wildman–Crippen LogP) is 1.92. The van der Waals surface area contributed by atoms with Crippen LogP contribution in [0.2, 0.25) is 0 Å². The zero-order chi connectivity index (χ0) is 14.0. The third kappa shape index (κ3) is 3.04. The van der Waals surface area contributed by atoms with Crippen LogP contribution in [0, 0.1) is 20.8 Å². The summed E-state index contributed by atoms with van der Waals surface area (Å²) in [5.74, 6) is 0.940. The predicted molar refractivity (Wildman–Crippen MR) is 79.3 cm³/mol. The molecule has 0 aromatic heterocycles. The molecular weight excluding hydrogens is 260 g/mol. The molecule has 4 nitrogen and oxygen atoms in total. The highest BCUT2D eigenvalue weighted by molar-refractivity contribution is 7.99. The van der Waals surface area contributed by atoms with Crippen molar-refractivity contribution in [2.75, 3.05) is 16.9 Å². The van der Waals surface area contributed by atoms with Gasteiger partial charge in [0.25, 0.3) is 5.91 Å². The molecule has 1 fully saturated rings. The van der Waals surface area contributed by atoms with Crippen molar-refractivity contribution in [1.82, 2.24) is 5.43 Å². The fraction of sp³-hybridized carbons (Fsp3) is 0.500. The van der Waals surface area contributed by atoms with Gasteiger partial charge >= 0.3 is 0 Å². The Morgan fingerprint density at radius 3 is 2.47 bits per heavy atom. The van der Waals surface area contributed by atoms with Gasteiger partial charge in [-0.25, -0.2) is 0 Å². The Hall–Kier alpha value is -1.20. The first kappa shape index (κ1) is 14.2. The van der Waals surface area contributed by atoms with Crippen LogP contribution < -0.4 is 10.9 Å². The van der Waals surface area contributed by atoms with Gasteiger partial charge in [0.1, 0.15) is 0 Å². The Morgan fingerprint density at radius 1 is 1.32 bits per heavy atom. The molecule has 5 heteroatoms. The molecule has 0 spiro atoms. The first-order valence-electron chi connectivity index (χ1n) is 6.37. The molecule has 1 aromatic rings. The number of aliphatic hydroxyl groups is 1. The molecule has 1 unspecified atom stereocenters. The summed E-state index contributed by atoms with van der Waals surface area (Å²) in [5.41, 5.74) is 8.58. The van der Waals surface area contributed by atoms with E-state index in [9.17, 15) is 9.90 Å². The average molecular weight is 280 g/mol. The van der Waals surface area contributed by atoms with E-state index in [2.05, 4.69) is 23.0 Å². The monoisotopic (exact) mass is 280 g/mol. The van der Waals surface area contributed by atoms with Crippen LogP contribution in [0.1, 0.15) is 23.1 Å². The molecular formula is C14H20N2O2S. The highest BCUT2D eigenvalue weighted by Gasteiger charge is 2.39. The minimum Gasteiger partial charge on any atom is -0.379 e. The Morgan fingerprint density at radius 2 is 1.95 bits per heavy atom. The number of carbonyl (C=O) groups excluding carboxylic acids is 1. The lowest BCUT2D eigenvalue weighted by Gasteiger charge is -2.22. The zero-order valence-electron chi connectivity index (χ0n) is 11.5. The summed E-state index contributed by atoms with van der Waals surface area (Å²) in [5, 5.41) is 10.1. The second kappa shape index (κ2) is 5.43. The van der Waals surface area contributed by atoms with Crippen LogP contribution in [0.5, 0.6) is 0 Å². The number of benzene rings is 1. The topological polar surface area (TPSA) is 61.4 Å². The smallest absolute Gasteiger partial charge is 0.271 e. The molecule has 1 atom stereocenters. The summed E-state index contributed by atoms with van der Waals surface area (Å²) in [6.45, 7) is 6.03. The fourth-order valence-electron chi connectivity index (χ4n) is 2.35. The average Bonchev–Trinajstić information content (AvgIpc) is 2.75. The van der Waals surface area contributed by atoms with Crippen molar-refractivity contribution in [3.05, 3.63) is 28.8 Å². The van der Waals surface area contributed by atoms with E-state index in [-0.39, 0.29) is 5.91 Å². The normalized spacial score (nSPS) is 22.3. The molecule has 0 radical (unpaired) electrons. The molecule has 104 valence electrons. The minimum absolute atomic E-state index is 0.350. The second-order valence-electron chi connectivity index (χ2n) is 5.19. The van der Waals surface area contributed by atoms with Gasteiger partial charge < -0.3 is 5.11 Å². The van der Waals surface area contributed by atoms with Gasteiger partial charge in [-0.05, 0) is 44.1 Å². The molecule has 1 heterocycles. The van der Waals surface area contributed by atoms with Crippen molar-refractivity contribution in [3.8, 4) is 0 Å². The number of hydrogen-bond donors (Lipinski definition) is 3. The summed E-state index contributed by atoms with van der Waals surface area (Å²) in [4.78, 5) is 12.0. The van der Waals surface area contributed by atoms with Crippen molar-refractivity contribution in [2.45, 2.75) is 32.8 Å². The zero-order valence-corrected chi connectivity index (χ0v) is 12.4. The number of hydrazine groups is 1. The molecule has 3 N–H and O–H groups in total. The van der Waals surface area contributed by atoms with E-state index in [4.69, 9.17) is 0 Å². The molecule has 1 aliphatic rings. The highest BCUT2D eigenvalue weighted by Crippen LogP contribution is 2.28. The molecule has 0 aliphatic carbocycles. The highest BCUT2D eigenvalue weighted by atomic mass is 32.2. The number of carbonyl (C=O) groups is 1. The van der Waals surface area contributed by atoms with E-state index >= 15 is 0 Å². The van der Waals surface area contributed by atoms with Crippen LogP contribution in [-0.4, -0.2) is 28.1 Å². The fourth-order valence-corrected chi connectivity index (χ4v) is 3.59. The van der Waals surface area contributed by atoms with Gasteiger partial charge in [0.15, 0.2) is 5.60 Å². The molecule has 0 saturated carbocycles. The number of thioether (sulfide) groups is 1. The lowest BCUT2D eigenvalue weighted by molar-refractivity contribution is -0.136. The molecule has 2 rings (SSSR count). The largest absolute Gasteiger partial charge is 0.379 e. The van der Waals surface area contributed by atoms with E-state index in [0.29, 0.717) is 12.2 Å². The van der Waals surface area contributed by atoms with Crippen LogP contribution in [0.25, 0.3) is 0 Å². The van der Waals surface area contributed by atoms with Crippen LogP contribution in [0.4, 0.5) is 5.69 Å². The van der Waals surface area contributed by atoms with Crippen LogP contribution >= 0.6 is 11.8 Å². The molecule has 1 saturated heterocycles. The first-order valence-corrected chi connectivity index (χ1v) is 7.52. The van der Waals surface area contributed by atoms with E-state index < -0.39 is 5.60 Å². The number of nitrogens with one attached hydrogen (secondary N) is 2. The lowest BCUT2D eigenvalue weighted by atomic mass is 10.0. The summed E-state index contributed by atoms with van der Waals surface area (Å²) < 4.78 is 0. The van der Waals surface area contributed by atoms with Crippen molar-refractivity contribution in [3.63, 3.8) is 0 Å². The first-order chi connectivity index (χ1) is 8.92. The third-order valence-corrected chi connectivity index (χ3v) is 4.58. The van der Waals surface area contributed by atoms with Gasteiger partial charge in [-0.15, -0.1) is 0 Å². The van der Waals surface area contributed by atoms with Crippen molar-refractivity contribution in [1.29, 1.82) is 0 Å². The summed E-state index contributed by atoms with van der Waals surface area (Å²) in [6.07, 6.45) is 0.511. The second-order valence-corrected chi connectivity index (χ2v) is 6.29. The third-order valence-electron chi connectivity index (χ3n) is 3.40.